The van der Waals surface area contributed by atoms with Crippen LogP contribution in [0.25, 0.3) is 0 Å². The maximum Gasteiger partial charge on any atom is 0.0334 e. The van der Waals surface area contributed by atoms with Gasteiger partial charge >= 0.3 is 0 Å². The van der Waals surface area contributed by atoms with Crippen LogP contribution in [0.4, 0.5) is 0 Å². The average Bonchev–Trinajstić information content (AvgIpc) is 2.66. The smallest absolute Gasteiger partial charge is 0.0334 e. The molecule has 0 saturated carbocycles. The van der Waals surface area contributed by atoms with Gasteiger partial charge < -0.3 is 5.32 Å². The fraction of sp³-hybridized carbons (Fsp3) is 0.733. The van der Waals surface area contributed by atoms with Crippen LogP contribution in [0.2, 0.25) is 0 Å². The van der Waals surface area contributed by atoms with E-state index >= 15 is 0 Å². The van der Waals surface area contributed by atoms with Gasteiger partial charge in [0.05, 0.1) is 0 Å². The van der Waals surface area contributed by atoms with E-state index in [0.29, 0.717) is 17.5 Å². The minimum atomic E-state index is 0.336. The third-order valence-corrected chi connectivity index (χ3v) is 5.07. The van der Waals surface area contributed by atoms with E-state index < -0.39 is 0 Å². The summed E-state index contributed by atoms with van der Waals surface area (Å²) < 4.78 is 0. The molecular formula is C15H26N2S. The van der Waals surface area contributed by atoms with Crippen molar-refractivity contribution in [3.05, 3.63) is 21.9 Å². The van der Waals surface area contributed by atoms with Gasteiger partial charge in [-0.05, 0) is 36.3 Å². The number of nitrogens with zero attached hydrogens (tertiary/aromatic N) is 1. The van der Waals surface area contributed by atoms with E-state index in [2.05, 4.69) is 56.3 Å². The van der Waals surface area contributed by atoms with Crippen LogP contribution in [-0.2, 0) is 6.54 Å². The molecule has 1 saturated heterocycles. The Labute approximate surface area is 115 Å². The summed E-state index contributed by atoms with van der Waals surface area (Å²) in [5.41, 5.74) is 1.78. The lowest BCUT2D eigenvalue weighted by Gasteiger charge is -2.44. The molecule has 102 valence electrons. The first-order valence-corrected chi connectivity index (χ1v) is 7.76. The van der Waals surface area contributed by atoms with Crippen molar-refractivity contribution < 1.29 is 0 Å². The zero-order chi connectivity index (χ0) is 13.3. The number of thiophene rings is 1. The topological polar surface area (TPSA) is 15.3 Å². The minimum absolute atomic E-state index is 0.336. The molecule has 1 aliphatic rings. The average molecular weight is 266 g/mol. The van der Waals surface area contributed by atoms with E-state index in [4.69, 9.17) is 0 Å². The molecule has 0 aliphatic carbocycles. The van der Waals surface area contributed by atoms with Crippen LogP contribution in [0, 0.1) is 12.3 Å². The predicted molar refractivity (Wildman–Crippen MR) is 80.2 cm³/mol. The molecule has 1 N–H and O–H groups in total. The SMILES string of the molecule is Cc1ccsc1CN1CC(C(C)(C)C)NCC1C. The fourth-order valence-corrected chi connectivity index (χ4v) is 3.40. The number of aryl methyl sites for hydroxylation is 1. The van der Waals surface area contributed by atoms with Crippen LogP contribution in [-0.4, -0.2) is 30.1 Å². The second kappa shape index (κ2) is 5.32. The van der Waals surface area contributed by atoms with Gasteiger partial charge in [-0.3, -0.25) is 4.90 Å². The molecule has 1 fully saturated rings. The van der Waals surface area contributed by atoms with E-state index in [0.717, 1.165) is 19.6 Å². The number of piperazine rings is 1. The van der Waals surface area contributed by atoms with Crippen molar-refractivity contribution in [2.24, 2.45) is 5.41 Å². The predicted octanol–water partition coefficient (Wildman–Crippen LogP) is 3.26. The number of hydrogen-bond acceptors (Lipinski definition) is 3. The zero-order valence-corrected chi connectivity index (χ0v) is 13.1. The number of nitrogens with one attached hydrogen (secondary N) is 1. The first-order valence-electron chi connectivity index (χ1n) is 6.88. The van der Waals surface area contributed by atoms with Crippen molar-refractivity contribution in [2.75, 3.05) is 13.1 Å². The summed E-state index contributed by atoms with van der Waals surface area (Å²) in [6.45, 7) is 14.9. The molecule has 0 amide bonds. The molecule has 18 heavy (non-hydrogen) atoms. The summed E-state index contributed by atoms with van der Waals surface area (Å²) in [6, 6.07) is 3.45. The van der Waals surface area contributed by atoms with E-state index in [1.807, 2.05) is 11.3 Å². The highest BCUT2D eigenvalue weighted by atomic mass is 32.1. The largest absolute Gasteiger partial charge is 0.311 e. The highest BCUT2D eigenvalue weighted by Gasteiger charge is 2.32. The normalized spacial score (nSPS) is 26.5. The Kier molecular flexibility index (Phi) is 4.15. The van der Waals surface area contributed by atoms with Gasteiger partial charge in [0.2, 0.25) is 0 Å². The monoisotopic (exact) mass is 266 g/mol. The lowest BCUT2D eigenvalue weighted by Crippen LogP contribution is -2.59. The molecule has 1 aliphatic heterocycles. The molecule has 2 atom stereocenters. The lowest BCUT2D eigenvalue weighted by atomic mass is 9.85. The van der Waals surface area contributed by atoms with Crippen LogP contribution >= 0.6 is 11.3 Å². The van der Waals surface area contributed by atoms with Crippen molar-refractivity contribution in [2.45, 2.75) is 53.2 Å². The second-order valence-corrected chi connectivity index (χ2v) is 7.63. The van der Waals surface area contributed by atoms with Crippen molar-refractivity contribution in [3.8, 4) is 0 Å². The Morgan fingerprint density at radius 1 is 1.44 bits per heavy atom. The molecular weight excluding hydrogens is 240 g/mol. The van der Waals surface area contributed by atoms with Crippen LogP contribution in [0.1, 0.15) is 38.1 Å². The molecule has 0 radical (unpaired) electrons. The zero-order valence-electron chi connectivity index (χ0n) is 12.3. The summed E-state index contributed by atoms with van der Waals surface area (Å²) in [6.07, 6.45) is 0. The van der Waals surface area contributed by atoms with E-state index in [-0.39, 0.29) is 0 Å². The minimum Gasteiger partial charge on any atom is -0.311 e. The summed E-state index contributed by atoms with van der Waals surface area (Å²) in [7, 11) is 0. The molecule has 3 heteroatoms. The van der Waals surface area contributed by atoms with Crippen molar-refractivity contribution in [1.29, 1.82) is 0 Å². The number of hydrogen-bond donors (Lipinski definition) is 1. The Bertz CT molecular complexity index is 391. The van der Waals surface area contributed by atoms with Gasteiger partial charge in [-0.15, -0.1) is 11.3 Å². The van der Waals surface area contributed by atoms with E-state index in [1.165, 1.54) is 10.4 Å². The van der Waals surface area contributed by atoms with E-state index in [1.54, 1.807) is 0 Å². The van der Waals surface area contributed by atoms with Crippen LogP contribution < -0.4 is 5.32 Å². The van der Waals surface area contributed by atoms with Gasteiger partial charge in [-0.2, -0.15) is 0 Å². The summed E-state index contributed by atoms with van der Waals surface area (Å²) in [5.74, 6) is 0. The van der Waals surface area contributed by atoms with E-state index in [9.17, 15) is 0 Å². The standard InChI is InChI=1S/C15H26N2S/c1-11-6-7-18-13(11)9-17-10-14(15(3,4)5)16-8-12(17)2/h6-7,12,14,16H,8-10H2,1-5H3. The third kappa shape index (κ3) is 3.14. The Morgan fingerprint density at radius 3 is 2.72 bits per heavy atom. The molecule has 2 heterocycles. The second-order valence-electron chi connectivity index (χ2n) is 6.63. The van der Waals surface area contributed by atoms with Gasteiger partial charge in [0.1, 0.15) is 0 Å². The van der Waals surface area contributed by atoms with Crippen LogP contribution in [0.15, 0.2) is 11.4 Å². The lowest BCUT2D eigenvalue weighted by molar-refractivity contribution is 0.0884. The van der Waals surface area contributed by atoms with Crippen molar-refractivity contribution >= 4 is 11.3 Å². The maximum absolute atomic E-state index is 3.69. The van der Waals surface area contributed by atoms with Crippen LogP contribution in [0.3, 0.4) is 0 Å². The van der Waals surface area contributed by atoms with Crippen molar-refractivity contribution in [3.63, 3.8) is 0 Å². The molecule has 2 rings (SSSR count). The molecule has 2 unspecified atom stereocenters. The van der Waals surface area contributed by atoms with Crippen molar-refractivity contribution in [1.82, 2.24) is 10.2 Å². The third-order valence-electron chi connectivity index (χ3n) is 4.06. The molecule has 0 bridgehead atoms. The molecule has 2 nitrogen and oxygen atoms in total. The highest BCUT2D eigenvalue weighted by Crippen LogP contribution is 2.26. The maximum atomic E-state index is 3.69. The quantitative estimate of drug-likeness (QED) is 0.884. The molecule has 0 aromatic carbocycles. The van der Waals surface area contributed by atoms with Gasteiger partial charge in [0.25, 0.3) is 0 Å². The molecule has 0 spiro atoms. The summed E-state index contributed by atoms with van der Waals surface area (Å²) in [4.78, 5) is 4.15. The Hall–Kier alpha value is -0.380. The molecule has 1 aromatic rings. The first kappa shape index (κ1) is 14.0. The van der Waals surface area contributed by atoms with Gasteiger partial charge in [-0.1, -0.05) is 20.8 Å². The van der Waals surface area contributed by atoms with Gasteiger partial charge in [-0.25, -0.2) is 0 Å². The highest BCUT2D eigenvalue weighted by molar-refractivity contribution is 7.10. The Balaban J connectivity index is 2.04. The van der Waals surface area contributed by atoms with Gasteiger partial charge in [0.15, 0.2) is 0 Å². The summed E-state index contributed by atoms with van der Waals surface area (Å²) in [5, 5.41) is 5.90. The number of rotatable bonds is 2. The van der Waals surface area contributed by atoms with Gasteiger partial charge in [0, 0.05) is 36.6 Å². The van der Waals surface area contributed by atoms with Crippen LogP contribution in [0.5, 0.6) is 0 Å². The Morgan fingerprint density at radius 2 is 2.17 bits per heavy atom. The molecule has 1 aromatic heterocycles. The fourth-order valence-electron chi connectivity index (χ4n) is 2.47. The summed E-state index contributed by atoms with van der Waals surface area (Å²) >= 11 is 1.89. The first-order chi connectivity index (χ1) is 8.38.